The fourth-order valence-corrected chi connectivity index (χ4v) is 2.59. The van der Waals surface area contributed by atoms with Gasteiger partial charge in [0, 0.05) is 17.6 Å². The van der Waals surface area contributed by atoms with Gasteiger partial charge in [-0.1, -0.05) is 42.9 Å². The zero-order valence-electron chi connectivity index (χ0n) is 12.4. The molecule has 0 aliphatic carbocycles. The molecule has 0 unspecified atom stereocenters. The zero-order chi connectivity index (χ0) is 14.7. The van der Waals surface area contributed by atoms with Crippen molar-refractivity contribution in [3.8, 4) is 5.82 Å². The van der Waals surface area contributed by atoms with Crippen molar-refractivity contribution in [3.63, 3.8) is 0 Å². The van der Waals surface area contributed by atoms with Crippen LogP contribution in [0.25, 0.3) is 16.7 Å². The van der Waals surface area contributed by atoms with E-state index in [9.17, 15) is 0 Å². The Hall–Kier alpha value is -2.36. The van der Waals surface area contributed by atoms with Crippen LogP contribution in [-0.2, 0) is 6.54 Å². The minimum absolute atomic E-state index is 0.571. The van der Waals surface area contributed by atoms with Gasteiger partial charge in [0.05, 0.1) is 18.3 Å². The molecule has 4 heteroatoms. The Morgan fingerprint density at radius 1 is 1.14 bits per heavy atom. The van der Waals surface area contributed by atoms with Crippen LogP contribution in [0, 0.1) is 0 Å². The summed E-state index contributed by atoms with van der Waals surface area (Å²) in [5.41, 5.74) is 7.24. The third-order valence-electron chi connectivity index (χ3n) is 3.78. The number of para-hydroxylation sites is 1. The molecule has 1 aromatic carbocycles. The van der Waals surface area contributed by atoms with Gasteiger partial charge in [0.15, 0.2) is 0 Å². The van der Waals surface area contributed by atoms with Gasteiger partial charge in [-0.2, -0.15) is 0 Å². The number of aromatic nitrogens is 3. The van der Waals surface area contributed by atoms with Crippen LogP contribution in [0.4, 0.5) is 5.95 Å². The topological polar surface area (TPSA) is 47.7 Å². The molecule has 0 saturated carbocycles. The fraction of sp³-hybridized carbons (Fsp3) is 0.294. The average molecular weight is 281 g/mol. The minimum Gasteiger partial charge on any atom is -0.287 e. The van der Waals surface area contributed by atoms with Crippen LogP contribution in [0.2, 0.25) is 0 Å². The molecule has 0 amide bonds. The van der Waals surface area contributed by atoms with E-state index in [1.54, 1.807) is 0 Å². The number of aryl methyl sites for hydroxylation is 1. The molecule has 2 heterocycles. The van der Waals surface area contributed by atoms with E-state index in [0.29, 0.717) is 5.95 Å². The number of nitrogens with two attached hydrogens (primary N) is 1. The van der Waals surface area contributed by atoms with E-state index in [-0.39, 0.29) is 0 Å². The molecular formula is C17H21N4+. The number of anilines is 1. The second-order valence-corrected chi connectivity index (χ2v) is 5.29. The van der Waals surface area contributed by atoms with Crippen molar-refractivity contribution in [2.24, 2.45) is 0 Å². The summed E-state index contributed by atoms with van der Waals surface area (Å²) in [6, 6.07) is 12.4. The van der Waals surface area contributed by atoms with E-state index in [1.807, 2.05) is 35.2 Å². The van der Waals surface area contributed by atoms with E-state index in [2.05, 4.69) is 34.7 Å². The summed E-state index contributed by atoms with van der Waals surface area (Å²) in [6.07, 6.45) is 7.63. The minimum atomic E-state index is 0.571. The SMILES string of the molecule is CCCCC[n+]1ccc(-n2ccc3ccccc32)nc1N. The van der Waals surface area contributed by atoms with Crippen molar-refractivity contribution >= 4 is 16.9 Å². The van der Waals surface area contributed by atoms with Gasteiger partial charge >= 0.3 is 5.95 Å². The Balaban J connectivity index is 1.91. The van der Waals surface area contributed by atoms with Gasteiger partial charge in [0.2, 0.25) is 5.82 Å². The summed E-state index contributed by atoms with van der Waals surface area (Å²) in [5.74, 6) is 1.43. The van der Waals surface area contributed by atoms with Crippen LogP contribution < -0.4 is 10.3 Å². The Morgan fingerprint density at radius 3 is 2.81 bits per heavy atom. The second-order valence-electron chi connectivity index (χ2n) is 5.29. The molecule has 4 nitrogen and oxygen atoms in total. The van der Waals surface area contributed by atoms with Crippen LogP contribution in [0.3, 0.4) is 0 Å². The Bertz CT molecular complexity index is 745. The molecule has 0 saturated heterocycles. The highest BCUT2D eigenvalue weighted by Gasteiger charge is 2.12. The predicted molar refractivity (Wildman–Crippen MR) is 85.2 cm³/mol. The molecule has 2 aromatic heterocycles. The molecular weight excluding hydrogens is 260 g/mol. The lowest BCUT2D eigenvalue weighted by Crippen LogP contribution is -2.38. The first-order valence-corrected chi connectivity index (χ1v) is 7.52. The fourth-order valence-electron chi connectivity index (χ4n) is 2.59. The number of hydrogen-bond donors (Lipinski definition) is 1. The van der Waals surface area contributed by atoms with Crippen molar-refractivity contribution in [1.82, 2.24) is 9.55 Å². The van der Waals surface area contributed by atoms with Crippen LogP contribution in [-0.4, -0.2) is 9.55 Å². The first-order chi connectivity index (χ1) is 10.3. The Labute approximate surface area is 124 Å². The summed E-state index contributed by atoms with van der Waals surface area (Å²) < 4.78 is 4.09. The van der Waals surface area contributed by atoms with Crippen LogP contribution in [0.5, 0.6) is 0 Å². The third kappa shape index (κ3) is 2.75. The van der Waals surface area contributed by atoms with Crippen molar-refractivity contribution in [2.75, 3.05) is 5.73 Å². The Morgan fingerprint density at radius 2 is 2.00 bits per heavy atom. The van der Waals surface area contributed by atoms with Gasteiger partial charge in [-0.15, -0.1) is 0 Å². The summed E-state index contributed by atoms with van der Waals surface area (Å²) >= 11 is 0. The summed E-state index contributed by atoms with van der Waals surface area (Å²) in [7, 11) is 0. The highest BCUT2D eigenvalue weighted by atomic mass is 15.2. The van der Waals surface area contributed by atoms with Gasteiger partial charge in [0.25, 0.3) is 0 Å². The van der Waals surface area contributed by atoms with Crippen molar-refractivity contribution in [1.29, 1.82) is 0 Å². The van der Waals surface area contributed by atoms with Crippen molar-refractivity contribution in [3.05, 3.63) is 48.8 Å². The number of fused-ring (bicyclic) bond motifs is 1. The van der Waals surface area contributed by atoms with Gasteiger partial charge in [-0.05, 0) is 18.6 Å². The van der Waals surface area contributed by atoms with Gasteiger partial charge in [-0.25, -0.2) is 4.57 Å². The quantitative estimate of drug-likeness (QED) is 0.577. The van der Waals surface area contributed by atoms with Crippen molar-refractivity contribution < 1.29 is 4.57 Å². The lowest BCUT2D eigenvalue weighted by molar-refractivity contribution is -0.685. The van der Waals surface area contributed by atoms with E-state index in [0.717, 1.165) is 24.3 Å². The Kier molecular flexibility index (Phi) is 3.86. The van der Waals surface area contributed by atoms with Crippen LogP contribution in [0.15, 0.2) is 48.8 Å². The van der Waals surface area contributed by atoms with Gasteiger partial charge in [-0.3, -0.25) is 10.3 Å². The van der Waals surface area contributed by atoms with Crippen molar-refractivity contribution in [2.45, 2.75) is 32.7 Å². The highest BCUT2D eigenvalue weighted by Crippen LogP contribution is 2.18. The maximum atomic E-state index is 6.09. The van der Waals surface area contributed by atoms with E-state index in [4.69, 9.17) is 5.73 Å². The van der Waals surface area contributed by atoms with Crippen LogP contribution in [0.1, 0.15) is 26.2 Å². The number of nitrogen functional groups attached to an aromatic ring is 1. The lowest BCUT2D eigenvalue weighted by atomic mass is 10.2. The maximum Gasteiger partial charge on any atom is 0.391 e. The molecule has 2 N–H and O–H groups in total. The summed E-state index contributed by atoms with van der Waals surface area (Å²) in [4.78, 5) is 4.55. The molecule has 21 heavy (non-hydrogen) atoms. The molecule has 0 atom stereocenters. The molecule has 3 aromatic rings. The molecule has 0 spiro atoms. The number of benzene rings is 1. The number of hydrogen-bond acceptors (Lipinski definition) is 2. The smallest absolute Gasteiger partial charge is 0.287 e. The zero-order valence-corrected chi connectivity index (χ0v) is 12.4. The number of rotatable bonds is 5. The van der Waals surface area contributed by atoms with E-state index >= 15 is 0 Å². The summed E-state index contributed by atoms with van der Waals surface area (Å²) in [5, 5.41) is 1.21. The van der Waals surface area contributed by atoms with Gasteiger partial charge in [0.1, 0.15) is 0 Å². The molecule has 0 bridgehead atoms. The normalized spacial score (nSPS) is 11.1. The molecule has 0 aliphatic rings. The molecule has 0 radical (unpaired) electrons. The number of nitrogens with zero attached hydrogens (tertiary/aromatic N) is 3. The van der Waals surface area contributed by atoms with Crippen LogP contribution >= 0.6 is 0 Å². The molecule has 3 rings (SSSR count). The van der Waals surface area contributed by atoms with Gasteiger partial charge < -0.3 is 0 Å². The highest BCUT2D eigenvalue weighted by molar-refractivity contribution is 5.81. The maximum absolute atomic E-state index is 6.09. The molecule has 108 valence electrons. The van der Waals surface area contributed by atoms with E-state index in [1.165, 1.54) is 18.2 Å². The third-order valence-corrected chi connectivity index (χ3v) is 3.78. The average Bonchev–Trinajstić information content (AvgIpc) is 2.93. The summed E-state index contributed by atoms with van der Waals surface area (Å²) in [6.45, 7) is 3.13. The molecule has 0 aliphatic heterocycles. The second kappa shape index (κ2) is 5.95. The largest absolute Gasteiger partial charge is 0.391 e. The monoisotopic (exact) mass is 281 g/mol. The number of unbranched alkanes of at least 4 members (excludes halogenated alkanes) is 2. The lowest BCUT2D eigenvalue weighted by Gasteiger charge is -2.05. The first-order valence-electron chi connectivity index (χ1n) is 7.52. The van der Waals surface area contributed by atoms with E-state index < -0.39 is 0 Å². The standard InChI is InChI=1S/C17H20N4/c1-2-3-6-11-20-12-10-16(19-17(20)18)21-13-9-14-7-4-5-8-15(14)21/h4-5,7-10,12-13,18H,2-3,6,11H2,1H3/p+1. The predicted octanol–water partition coefficient (Wildman–Crippen LogP) is 3.09. The molecule has 0 fully saturated rings. The first kappa shape index (κ1) is 13.6.